The van der Waals surface area contributed by atoms with Crippen molar-refractivity contribution in [2.45, 2.75) is 37.9 Å². The summed E-state index contributed by atoms with van der Waals surface area (Å²) in [4.78, 5) is 0. The highest BCUT2D eigenvalue weighted by atomic mass is 31.1. The Hall–Kier alpha value is -2.15. The molecule has 2 unspecified atom stereocenters. The number of aromatic hydroxyl groups is 1. The van der Waals surface area contributed by atoms with Crippen LogP contribution >= 0.6 is 8.58 Å². The molecule has 0 saturated carbocycles. The van der Waals surface area contributed by atoms with Gasteiger partial charge < -0.3 is 10.2 Å². The molecule has 0 amide bonds. The Kier molecular flexibility index (Phi) is 6.31. The van der Waals surface area contributed by atoms with Gasteiger partial charge in [0.05, 0.1) is 0 Å². The van der Waals surface area contributed by atoms with Gasteiger partial charge >= 0.3 is 0 Å². The van der Waals surface area contributed by atoms with Gasteiger partial charge in [0.2, 0.25) is 0 Å². The number of phenols is 1. The first-order valence-electron chi connectivity index (χ1n) is 9.50. The monoisotopic (exact) mass is 378 g/mol. The Morgan fingerprint density at radius 2 is 1.41 bits per heavy atom. The van der Waals surface area contributed by atoms with Crippen molar-refractivity contribution in [1.29, 1.82) is 0 Å². The minimum Gasteiger partial charge on any atom is -0.508 e. The summed E-state index contributed by atoms with van der Waals surface area (Å²) in [7, 11) is 0.456. The molecule has 2 atom stereocenters. The van der Waals surface area contributed by atoms with E-state index in [-0.39, 0.29) is 5.16 Å². The number of rotatable bonds is 7. The number of benzene rings is 3. The maximum atomic E-state index is 11.0. The first-order chi connectivity index (χ1) is 13.1. The molecule has 3 aromatic rings. The second-order valence-corrected chi connectivity index (χ2v) is 8.58. The molecule has 0 aromatic heterocycles. The van der Waals surface area contributed by atoms with Crippen LogP contribution in [0.4, 0.5) is 0 Å². The van der Waals surface area contributed by atoms with Crippen LogP contribution in [0.15, 0.2) is 78.9 Å². The van der Waals surface area contributed by atoms with E-state index >= 15 is 0 Å². The third-order valence-corrected chi connectivity index (χ3v) is 7.55. The van der Waals surface area contributed by atoms with E-state index in [2.05, 4.69) is 19.9 Å². The molecule has 2 N–H and O–H groups in total. The minimum atomic E-state index is -0.648. The zero-order chi connectivity index (χ0) is 19.3. The van der Waals surface area contributed by atoms with Gasteiger partial charge in [0.15, 0.2) is 0 Å². The van der Waals surface area contributed by atoms with Crippen molar-refractivity contribution in [3.05, 3.63) is 95.6 Å². The maximum absolute atomic E-state index is 11.0. The van der Waals surface area contributed by atoms with Crippen LogP contribution < -0.4 is 5.30 Å². The van der Waals surface area contributed by atoms with Crippen molar-refractivity contribution >= 4 is 13.9 Å². The fourth-order valence-corrected chi connectivity index (χ4v) is 5.43. The average molecular weight is 378 g/mol. The van der Waals surface area contributed by atoms with E-state index in [1.165, 1.54) is 0 Å². The number of hydrogen-bond acceptors (Lipinski definition) is 2. The molecule has 3 heteroatoms. The smallest absolute Gasteiger partial charge is 0.119 e. The van der Waals surface area contributed by atoms with Gasteiger partial charge in [0, 0.05) is 10.7 Å². The van der Waals surface area contributed by atoms with E-state index < -0.39 is 6.10 Å². The fraction of sp³-hybridized carbons (Fsp3) is 0.250. The van der Waals surface area contributed by atoms with Crippen LogP contribution in [0.2, 0.25) is 0 Å². The Balaban J connectivity index is 2.03. The lowest BCUT2D eigenvalue weighted by molar-refractivity contribution is 0.221. The Morgan fingerprint density at radius 3 is 2.07 bits per heavy atom. The van der Waals surface area contributed by atoms with Crippen molar-refractivity contribution in [3.8, 4) is 5.75 Å². The van der Waals surface area contributed by atoms with Crippen molar-refractivity contribution in [2.75, 3.05) is 0 Å². The lowest BCUT2D eigenvalue weighted by atomic mass is 9.92. The molecule has 27 heavy (non-hydrogen) atoms. The van der Waals surface area contributed by atoms with Gasteiger partial charge in [0.1, 0.15) is 11.9 Å². The molecule has 0 spiro atoms. The van der Waals surface area contributed by atoms with Crippen molar-refractivity contribution in [1.82, 2.24) is 0 Å². The summed E-state index contributed by atoms with van der Waals surface area (Å²) >= 11 is 0. The van der Waals surface area contributed by atoms with Gasteiger partial charge in [-0.3, -0.25) is 0 Å². The molecule has 0 bridgehead atoms. The van der Waals surface area contributed by atoms with Gasteiger partial charge in [-0.05, 0) is 35.3 Å². The van der Waals surface area contributed by atoms with Gasteiger partial charge in [-0.15, -0.1) is 0 Å². The van der Waals surface area contributed by atoms with E-state index in [9.17, 15) is 10.2 Å². The number of para-hydroxylation sites is 1. The SMILES string of the molecule is CCC(CC)(Pc1ccccc1C(O)c1ccccc1)c1ccccc1O. The highest BCUT2D eigenvalue weighted by Crippen LogP contribution is 2.50. The summed E-state index contributed by atoms with van der Waals surface area (Å²) in [5.41, 5.74) is 2.84. The number of aliphatic hydroxyl groups excluding tert-OH is 1. The summed E-state index contributed by atoms with van der Waals surface area (Å²) in [5.74, 6) is 0.356. The molecule has 0 aliphatic rings. The number of aliphatic hydroxyl groups is 1. The molecular weight excluding hydrogens is 351 g/mol. The Labute approximate surface area is 163 Å². The van der Waals surface area contributed by atoms with Gasteiger partial charge in [-0.2, -0.15) is 0 Å². The normalized spacial score (nSPS) is 13.1. The average Bonchev–Trinajstić information content (AvgIpc) is 2.73. The highest BCUT2D eigenvalue weighted by molar-refractivity contribution is 7.48. The van der Waals surface area contributed by atoms with Crippen LogP contribution in [0, 0.1) is 0 Å². The summed E-state index contributed by atoms with van der Waals surface area (Å²) in [6.45, 7) is 4.36. The van der Waals surface area contributed by atoms with E-state index in [1.807, 2.05) is 66.7 Å². The zero-order valence-corrected chi connectivity index (χ0v) is 16.9. The molecule has 0 fully saturated rings. The van der Waals surface area contributed by atoms with Crippen molar-refractivity contribution in [2.24, 2.45) is 0 Å². The lowest BCUT2D eigenvalue weighted by Gasteiger charge is -2.34. The molecule has 0 radical (unpaired) electrons. The zero-order valence-electron chi connectivity index (χ0n) is 15.9. The topological polar surface area (TPSA) is 40.5 Å². The highest BCUT2D eigenvalue weighted by Gasteiger charge is 2.32. The van der Waals surface area contributed by atoms with Crippen molar-refractivity contribution in [3.63, 3.8) is 0 Å². The molecule has 0 heterocycles. The largest absolute Gasteiger partial charge is 0.508 e. The summed E-state index contributed by atoms with van der Waals surface area (Å²) < 4.78 is 0. The third kappa shape index (κ3) is 4.08. The second-order valence-electron chi connectivity index (χ2n) is 6.83. The van der Waals surface area contributed by atoms with Gasteiger partial charge in [-0.25, -0.2) is 0 Å². The van der Waals surface area contributed by atoms with E-state index in [0.29, 0.717) is 14.3 Å². The predicted octanol–water partition coefficient (Wildman–Crippen LogP) is 5.49. The third-order valence-electron chi connectivity index (χ3n) is 5.37. The summed E-state index contributed by atoms with van der Waals surface area (Å²) in [5, 5.41) is 22.5. The van der Waals surface area contributed by atoms with Crippen LogP contribution in [0.5, 0.6) is 5.75 Å². The van der Waals surface area contributed by atoms with E-state index in [0.717, 1.165) is 34.8 Å². The second kappa shape index (κ2) is 8.69. The standard InChI is InChI=1S/C24H27O2P/c1-3-24(4-2,20-15-9-10-16-21(20)25)27-22-17-11-8-14-19(22)23(26)18-12-6-5-7-13-18/h5-17,23,25-27H,3-4H2,1-2H3. The van der Waals surface area contributed by atoms with Crippen LogP contribution in [-0.4, -0.2) is 10.2 Å². The Bertz CT molecular complexity index is 872. The number of phenolic OH excluding ortho intramolecular Hbond substituents is 1. The first-order valence-corrected chi connectivity index (χ1v) is 10.5. The predicted molar refractivity (Wildman–Crippen MR) is 115 cm³/mol. The molecule has 2 nitrogen and oxygen atoms in total. The van der Waals surface area contributed by atoms with E-state index in [1.54, 1.807) is 6.07 Å². The van der Waals surface area contributed by atoms with Gasteiger partial charge in [0.25, 0.3) is 0 Å². The molecule has 0 saturated heterocycles. The molecule has 0 aliphatic carbocycles. The maximum Gasteiger partial charge on any atom is 0.119 e. The fourth-order valence-electron chi connectivity index (χ4n) is 3.68. The molecule has 0 aliphatic heterocycles. The molecule has 3 aromatic carbocycles. The molecule has 3 rings (SSSR count). The summed E-state index contributed by atoms with van der Waals surface area (Å²) in [6, 6.07) is 25.6. The molecule has 140 valence electrons. The van der Waals surface area contributed by atoms with Crippen LogP contribution in [0.1, 0.15) is 49.5 Å². The van der Waals surface area contributed by atoms with Crippen LogP contribution in [0.3, 0.4) is 0 Å². The lowest BCUT2D eigenvalue weighted by Crippen LogP contribution is -2.24. The van der Waals surface area contributed by atoms with Crippen LogP contribution in [-0.2, 0) is 5.16 Å². The minimum absolute atomic E-state index is 0.141. The number of hydrogen-bond donors (Lipinski definition) is 2. The Morgan fingerprint density at radius 1 is 0.815 bits per heavy atom. The summed E-state index contributed by atoms with van der Waals surface area (Å²) in [6.07, 6.45) is 1.20. The quantitative estimate of drug-likeness (QED) is 0.534. The van der Waals surface area contributed by atoms with Crippen LogP contribution in [0.25, 0.3) is 0 Å². The first kappa shape index (κ1) is 19.6. The van der Waals surface area contributed by atoms with Crippen molar-refractivity contribution < 1.29 is 10.2 Å². The van der Waals surface area contributed by atoms with E-state index in [4.69, 9.17) is 0 Å². The van der Waals surface area contributed by atoms with Gasteiger partial charge in [-0.1, -0.05) is 95.2 Å². The molecular formula is C24H27O2P.